The number of rotatable bonds is 4. The third-order valence-corrected chi connectivity index (χ3v) is 6.79. The topological polar surface area (TPSA) is 82.4 Å². The summed E-state index contributed by atoms with van der Waals surface area (Å²) < 4.78 is 5.99. The predicted molar refractivity (Wildman–Crippen MR) is 136 cm³/mol. The van der Waals surface area contributed by atoms with Gasteiger partial charge < -0.3 is 19.7 Å². The second kappa shape index (κ2) is 14.5. The highest BCUT2D eigenvalue weighted by Crippen LogP contribution is 2.30. The van der Waals surface area contributed by atoms with Crippen molar-refractivity contribution < 1.29 is 14.3 Å². The number of hydrogen-bond donors (Lipinski definition) is 1. The number of piperidine rings is 2. The molecule has 34 heavy (non-hydrogen) atoms. The molecule has 0 spiro atoms. The lowest BCUT2D eigenvalue weighted by Crippen LogP contribution is -2.35. The molecule has 0 saturated carbocycles. The number of hydrogen-bond acceptors (Lipinski definition) is 6. The summed E-state index contributed by atoms with van der Waals surface area (Å²) in [6.45, 7) is 8.25. The molecule has 182 valence electrons. The summed E-state index contributed by atoms with van der Waals surface area (Å²) in [4.78, 5) is 20.8. The molecule has 2 aromatic carbocycles. The summed E-state index contributed by atoms with van der Waals surface area (Å²) >= 11 is 6.13. The molecule has 1 N–H and O–H groups in total. The van der Waals surface area contributed by atoms with Crippen LogP contribution in [0.15, 0.2) is 36.4 Å². The Morgan fingerprint density at radius 2 is 1.71 bits per heavy atom. The fourth-order valence-electron chi connectivity index (χ4n) is 4.17. The number of likely N-dealkylation sites (tertiary alicyclic amines) is 1. The zero-order valence-electron chi connectivity index (χ0n) is 20.1. The Bertz CT molecular complexity index is 945. The van der Waals surface area contributed by atoms with Crippen molar-refractivity contribution in [3.63, 3.8) is 0 Å². The van der Waals surface area contributed by atoms with Crippen molar-refractivity contribution in [3.05, 3.63) is 63.7 Å². The fourth-order valence-corrected chi connectivity index (χ4v) is 4.36. The van der Waals surface area contributed by atoms with E-state index in [1.165, 1.54) is 18.4 Å². The van der Waals surface area contributed by atoms with E-state index in [0.29, 0.717) is 16.5 Å². The standard InChI is InChI=1S/C14H17ClN2O.C12H15NO.CH2O/c1-10-13(4-3-11(9-16)14(10)15)18-12-5-7-17(2)8-6-12;14-9-10-1-3-11(4-2-10)12-5-7-13-8-6-12;1-2/h3-4,12H,5-8H2,1-2H3;1-4,9,12-13H,5-8H2;1H2. The molecule has 0 bridgehead atoms. The molecule has 6 nitrogen and oxygen atoms in total. The maximum Gasteiger partial charge on any atom is 0.150 e. The minimum absolute atomic E-state index is 0.254. The van der Waals surface area contributed by atoms with E-state index < -0.39 is 0 Å². The molecule has 0 amide bonds. The fraction of sp³-hybridized carbons (Fsp3) is 0.444. The number of carbonyl (C=O) groups is 2. The maximum atomic E-state index is 10.5. The Balaban J connectivity index is 0.000000230. The molecule has 0 radical (unpaired) electrons. The number of aldehydes is 1. The molecule has 7 heteroatoms. The van der Waals surface area contributed by atoms with Crippen LogP contribution in [0.5, 0.6) is 5.75 Å². The maximum absolute atomic E-state index is 10.5. The van der Waals surface area contributed by atoms with Gasteiger partial charge in [0.1, 0.15) is 31.0 Å². The molecule has 0 unspecified atom stereocenters. The number of halogens is 1. The summed E-state index contributed by atoms with van der Waals surface area (Å²) in [6.07, 6.45) is 5.64. The molecule has 0 aromatic heterocycles. The summed E-state index contributed by atoms with van der Waals surface area (Å²) in [6, 6.07) is 13.6. The van der Waals surface area contributed by atoms with Crippen molar-refractivity contribution in [1.82, 2.24) is 10.2 Å². The van der Waals surface area contributed by atoms with Crippen molar-refractivity contribution in [1.29, 1.82) is 5.26 Å². The molecule has 2 saturated heterocycles. The molecule has 0 aliphatic carbocycles. The van der Waals surface area contributed by atoms with Gasteiger partial charge in [0.25, 0.3) is 0 Å². The minimum Gasteiger partial charge on any atom is -0.490 e. The van der Waals surface area contributed by atoms with E-state index in [2.05, 4.69) is 35.5 Å². The minimum atomic E-state index is 0.254. The van der Waals surface area contributed by atoms with Crippen molar-refractivity contribution in [2.45, 2.75) is 44.6 Å². The molecule has 2 heterocycles. The summed E-state index contributed by atoms with van der Waals surface area (Å²) in [7, 11) is 2.13. The average Bonchev–Trinajstić information content (AvgIpc) is 2.90. The van der Waals surface area contributed by atoms with Crippen molar-refractivity contribution >= 4 is 24.7 Å². The van der Waals surface area contributed by atoms with E-state index >= 15 is 0 Å². The monoisotopic (exact) mass is 483 g/mol. The lowest BCUT2D eigenvalue weighted by Gasteiger charge is -2.29. The largest absolute Gasteiger partial charge is 0.490 e. The first-order chi connectivity index (χ1) is 16.5. The third-order valence-electron chi connectivity index (χ3n) is 6.30. The number of nitrogens with zero attached hydrogens (tertiary/aromatic N) is 2. The third kappa shape index (κ3) is 7.95. The van der Waals surface area contributed by atoms with E-state index in [4.69, 9.17) is 26.4 Å². The molecular weight excluding hydrogens is 450 g/mol. The SMILES string of the molecule is C=O.Cc1c(OC2CCN(C)CC2)ccc(C#N)c1Cl.O=Cc1ccc(C2CCNCC2)cc1. The Hall–Kier alpha value is -2.72. The summed E-state index contributed by atoms with van der Waals surface area (Å²) in [5, 5.41) is 12.8. The predicted octanol–water partition coefficient (Wildman–Crippen LogP) is 4.77. The lowest BCUT2D eigenvalue weighted by molar-refractivity contribution is -0.0980. The average molecular weight is 484 g/mol. The highest BCUT2D eigenvalue weighted by molar-refractivity contribution is 6.32. The Morgan fingerprint density at radius 1 is 1.09 bits per heavy atom. The van der Waals surface area contributed by atoms with Crippen molar-refractivity contribution in [2.75, 3.05) is 33.2 Å². The van der Waals surface area contributed by atoms with Crippen LogP contribution in [0.25, 0.3) is 0 Å². The van der Waals surface area contributed by atoms with Gasteiger partial charge in [0, 0.05) is 24.2 Å². The molecule has 2 fully saturated rings. The van der Waals surface area contributed by atoms with Crippen LogP contribution in [0, 0.1) is 18.3 Å². The first kappa shape index (κ1) is 27.5. The van der Waals surface area contributed by atoms with Crippen LogP contribution in [-0.2, 0) is 4.79 Å². The van der Waals surface area contributed by atoms with Crippen LogP contribution in [0.4, 0.5) is 0 Å². The first-order valence-corrected chi connectivity index (χ1v) is 12.0. The Morgan fingerprint density at radius 3 is 2.26 bits per heavy atom. The number of nitrogens with one attached hydrogen (secondary N) is 1. The first-order valence-electron chi connectivity index (χ1n) is 11.6. The van der Waals surface area contributed by atoms with Gasteiger partial charge in [-0.3, -0.25) is 4.79 Å². The van der Waals surface area contributed by atoms with Gasteiger partial charge in [0.05, 0.1) is 10.6 Å². The van der Waals surface area contributed by atoms with Gasteiger partial charge in [-0.15, -0.1) is 0 Å². The Kier molecular flexibility index (Phi) is 11.8. The van der Waals surface area contributed by atoms with Crippen LogP contribution < -0.4 is 10.1 Å². The van der Waals surface area contributed by atoms with Gasteiger partial charge in [-0.25, -0.2) is 0 Å². The van der Waals surface area contributed by atoms with Gasteiger partial charge in [-0.2, -0.15) is 5.26 Å². The van der Waals surface area contributed by atoms with E-state index in [1.54, 1.807) is 6.07 Å². The number of carbonyl (C=O) groups excluding carboxylic acids is 2. The quantitative estimate of drug-likeness (QED) is 0.630. The van der Waals surface area contributed by atoms with E-state index in [0.717, 1.165) is 62.2 Å². The number of ether oxygens (including phenoxy) is 1. The van der Waals surface area contributed by atoms with Crippen LogP contribution in [-0.4, -0.2) is 57.3 Å². The lowest BCUT2D eigenvalue weighted by atomic mass is 9.90. The number of nitriles is 1. The second-order valence-corrected chi connectivity index (χ2v) is 8.97. The van der Waals surface area contributed by atoms with Crippen LogP contribution in [0.1, 0.15) is 58.6 Å². The van der Waals surface area contributed by atoms with Gasteiger partial charge in [0.2, 0.25) is 0 Å². The highest BCUT2D eigenvalue weighted by atomic mass is 35.5. The van der Waals surface area contributed by atoms with Crippen LogP contribution >= 0.6 is 11.6 Å². The van der Waals surface area contributed by atoms with Gasteiger partial charge in [-0.05, 0) is 76.4 Å². The van der Waals surface area contributed by atoms with Crippen LogP contribution in [0.3, 0.4) is 0 Å². The smallest absolute Gasteiger partial charge is 0.150 e. The Labute approximate surface area is 207 Å². The molecule has 2 aliphatic heterocycles. The number of benzene rings is 2. The zero-order valence-corrected chi connectivity index (χ0v) is 20.8. The van der Waals surface area contributed by atoms with E-state index in [1.807, 2.05) is 31.9 Å². The summed E-state index contributed by atoms with van der Waals surface area (Å²) in [5.41, 5.74) is 3.50. The van der Waals surface area contributed by atoms with Gasteiger partial charge >= 0.3 is 0 Å². The normalized spacial score (nSPS) is 16.8. The van der Waals surface area contributed by atoms with E-state index in [-0.39, 0.29) is 6.10 Å². The van der Waals surface area contributed by atoms with Gasteiger partial charge in [0.15, 0.2) is 0 Å². The molecule has 2 aromatic rings. The van der Waals surface area contributed by atoms with Crippen molar-refractivity contribution in [2.24, 2.45) is 0 Å². The second-order valence-electron chi connectivity index (χ2n) is 8.59. The van der Waals surface area contributed by atoms with Gasteiger partial charge in [-0.1, -0.05) is 35.9 Å². The zero-order chi connectivity index (χ0) is 24.9. The molecular formula is C27H34ClN3O3. The van der Waals surface area contributed by atoms with Crippen LogP contribution in [0.2, 0.25) is 5.02 Å². The highest BCUT2D eigenvalue weighted by Gasteiger charge is 2.19. The molecule has 0 atom stereocenters. The summed E-state index contributed by atoms with van der Waals surface area (Å²) in [5.74, 6) is 1.48. The van der Waals surface area contributed by atoms with E-state index in [9.17, 15) is 4.79 Å². The molecule has 4 rings (SSSR count). The molecule has 2 aliphatic rings. The van der Waals surface area contributed by atoms with Crippen molar-refractivity contribution in [3.8, 4) is 11.8 Å².